The lowest BCUT2D eigenvalue weighted by molar-refractivity contribution is -0.385. The number of ether oxygens (including phenoxy) is 1. The van der Waals surface area contributed by atoms with E-state index in [0.29, 0.717) is 12.2 Å². The second-order valence-corrected chi connectivity index (χ2v) is 8.49. The van der Waals surface area contributed by atoms with Gasteiger partial charge in [-0.25, -0.2) is 13.1 Å². The standard InChI is InChI=1S/C19H21N3O6S/c1-13-4-7-15(11-18(13)22(24)25)21-19(23)14-5-8-17(9-6-14)29(26,27)20-12-16-3-2-10-28-16/h4-9,11,16,20H,2-3,10,12H2,1H3,(H,21,23)/t16-/m0/s1. The van der Waals surface area contributed by atoms with Crippen LogP contribution in [0.5, 0.6) is 0 Å². The summed E-state index contributed by atoms with van der Waals surface area (Å²) in [5.74, 6) is -0.501. The molecule has 1 amide bonds. The molecule has 0 saturated carbocycles. The highest BCUT2D eigenvalue weighted by atomic mass is 32.2. The van der Waals surface area contributed by atoms with Crippen molar-refractivity contribution in [2.45, 2.75) is 30.8 Å². The molecule has 1 saturated heterocycles. The van der Waals surface area contributed by atoms with Crippen LogP contribution < -0.4 is 10.0 Å². The van der Waals surface area contributed by atoms with Crippen molar-refractivity contribution in [3.63, 3.8) is 0 Å². The highest BCUT2D eigenvalue weighted by Crippen LogP contribution is 2.23. The number of amides is 1. The molecule has 1 aliphatic heterocycles. The summed E-state index contributed by atoms with van der Waals surface area (Å²) in [5, 5.41) is 13.6. The summed E-state index contributed by atoms with van der Waals surface area (Å²) in [6.45, 7) is 2.45. The predicted molar refractivity (Wildman–Crippen MR) is 106 cm³/mol. The molecular formula is C19H21N3O6S. The molecule has 1 atom stereocenters. The van der Waals surface area contributed by atoms with Crippen molar-refractivity contribution >= 4 is 27.3 Å². The van der Waals surface area contributed by atoms with Crippen LogP contribution in [0.2, 0.25) is 0 Å². The van der Waals surface area contributed by atoms with E-state index in [0.717, 1.165) is 12.8 Å². The number of nitro groups is 1. The topological polar surface area (TPSA) is 128 Å². The van der Waals surface area contributed by atoms with E-state index in [1.54, 1.807) is 19.1 Å². The quantitative estimate of drug-likeness (QED) is 0.524. The Bertz CT molecular complexity index is 1010. The number of anilines is 1. The molecule has 0 bridgehead atoms. The van der Waals surface area contributed by atoms with Gasteiger partial charge in [0.05, 0.1) is 15.9 Å². The molecule has 1 aliphatic rings. The molecule has 29 heavy (non-hydrogen) atoms. The van der Waals surface area contributed by atoms with Gasteiger partial charge in [0.25, 0.3) is 11.6 Å². The van der Waals surface area contributed by atoms with Gasteiger partial charge in [-0.3, -0.25) is 14.9 Å². The molecule has 0 aliphatic carbocycles. The van der Waals surface area contributed by atoms with Crippen LogP contribution in [0.25, 0.3) is 0 Å². The summed E-state index contributed by atoms with van der Waals surface area (Å²) in [5.41, 5.74) is 0.896. The van der Waals surface area contributed by atoms with Crippen LogP contribution in [0.3, 0.4) is 0 Å². The molecule has 10 heteroatoms. The van der Waals surface area contributed by atoms with Crippen molar-refractivity contribution in [2.24, 2.45) is 0 Å². The molecule has 1 heterocycles. The van der Waals surface area contributed by atoms with Gasteiger partial charge >= 0.3 is 0 Å². The summed E-state index contributed by atoms with van der Waals surface area (Å²) < 4.78 is 32.6. The van der Waals surface area contributed by atoms with Crippen LogP contribution in [0.1, 0.15) is 28.8 Å². The summed E-state index contributed by atoms with van der Waals surface area (Å²) in [6, 6.07) is 9.84. The number of nitrogens with one attached hydrogen (secondary N) is 2. The van der Waals surface area contributed by atoms with Gasteiger partial charge in [-0.2, -0.15) is 0 Å². The summed E-state index contributed by atoms with van der Waals surface area (Å²) in [7, 11) is -3.71. The molecule has 0 spiro atoms. The zero-order chi connectivity index (χ0) is 21.0. The summed E-state index contributed by atoms with van der Waals surface area (Å²) in [6.07, 6.45) is 1.62. The number of sulfonamides is 1. The maximum Gasteiger partial charge on any atom is 0.274 e. The molecule has 0 radical (unpaired) electrons. The zero-order valence-corrected chi connectivity index (χ0v) is 16.6. The lowest BCUT2D eigenvalue weighted by Crippen LogP contribution is -2.31. The average molecular weight is 419 g/mol. The number of nitrogens with zero attached hydrogens (tertiary/aromatic N) is 1. The van der Waals surface area contributed by atoms with Crippen molar-refractivity contribution in [3.05, 3.63) is 63.7 Å². The first-order valence-electron chi connectivity index (χ1n) is 9.04. The Hall–Kier alpha value is -2.82. The first kappa shape index (κ1) is 20.9. The van der Waals surface area contributed by atoms with Crippen molar-refractivity contribution in [2.75, 3.05) is 18.5 Å². The minimum Gasteiger partial charge on any atom is -0.377 e. The van der Waals surface area contributed by atoms with Crippen molar-refractivity contribution in [1.82, 2.24) is 4.72 Å². The fraction of sp³-hybridized carbons (Fsp3) is 0.316. The Balaban J connectivity index is 1.67. The maximum absolute atomic E-state index is 12.4. The first-order valence-corrected chi connectivity index (χ1v) is 10.5. The molecule has 1 fully saturated rings. The predicted octanol–water partition coefficient (Wildman–Crippen LogP) is 2.61. The molecule has 9 nitrogen and oxygen atoms in total. The minimum absolute atomic E-state index is 0.0398. The molecule has 3 rings (SSSR count). The average Bonchev–Trinajstić information content (AvgIpc) is 3.21. The van der Waals surface area contributed by atoms with Gasteiger partial charge in [0.1, 0.15) is 0 Å². The van der Waals surface area contributed by atoms with Crippen LogP contribution in [0.15, 0.2) is 47.4 Å². The lowest BCUT2D eigenvalue weighted by atomic mass is 10.1. The van der Waals surface area contributed by atoms with E-state index in [-0.39, 0.29) is 34.5 Å². The Morgan fingerprint density at radius 2 is 1.97 bits per heavy atom. The second-order valence-electron chi connectivity index (χ2n) is 6.72. The second kappa shape index (κ2) is 8.68. The number of carbonyl (C=O) groups is 1. The normalized spacial score (nSPS) is 16.5. The number of hydrogen-bond donors (Lipinski definition) is 2. The Morgan fingerprint density at radius 3 is 2.59 bits per heavy atom. The molecular weight excluding hydrogens is 398 g/mol. The van der Waals surface area contributed by atoms with Gasteiger partial charge < -0.3 is 10.1 Å². The Morgan fingerprint density at radius 1 is 1.24 bits per heavy atom. The largest absolute Gasteiger partial charge is 0.377 e. The SMILES string of the molecule is Cc1ccc(NC(=O)c2ccc(S(=O)(=O)NC[C@@H]3CCCO3)cc2)cc1[N+](=O)[O-]. The van der Waals surface area contributed by atoms with Crippen molar-refractivity contribution in [3.8, 4) is 0 Å². The molecule has 2 aromatic carbocycles. The van der Waals surface area contributed by atoms with Crippen LogP contribution in [0, 0.1) is 17.0 Å². The third-order valence-corrected chi connectivity index (χ3v) is 6.05. The van der Waals surface area contributed by atoms with Gasteiger partial charge in [-0.1, -0.05) is 6.07 Å². The fourth-order valence-electron chi connectivity index (χ4n) is 2.96. The monoisotopic (exact) mass is 419 g/mol. The van der Waals surface area contributed by atoms with E-state index < -0.39 is 20.9 Å². The molecule has 2 aromatic rings. The maximum atomic E-state index is 12.4. The van der Waals surface area contributed by atoms with Crippen LogP contribution >= 0.6 is 0 Å². The molecule has 2 N–H and O–H groups in total. The highest BCUT2D eigenvalue weighted by molar-refractivity contribution is 7.89. The number of benzene rings is 2. The van der Waals surface area contributed by atoms with E-state index >= 15 is 0 Å². The number of carbonyl (C=O) groups excluding carboxylic acids is 1. The Kier molecular flexibility index (Phi) is 6.26. The van der Waals surface area contributed by atoms with Crippen LogP contribution in [0.4, 0.5) is 11.4 Å². The molecule has 154 valence electrons. The van der Waals surface area contributed by atoms with Gasteiger partial charge in [0, 0.05) is 36.0 Å². The van der Waals surface area contributed by atoms with Crippen molar-refractivity contribution in [1.29, 1.82) is 0 Å². The summed E-state index contributed by atoms with van der Waals surface area (Å²) in [4.78, 5) is 22.9. The van der Waals surface area contributed by atoms with E-state index in [9.17, 15) is 23.3 Å². The van der Waals surface area contributed by atoms with E-state index in [4.69, 9.17) is 4.74 Å². The van der Waals surface area contributed by atoms with Crippen LogP contribution in [-0.2, 0) is 14.8 Å². The third kappa shape index (κ3) is 5.17. The van der Waals surface area contributed by atoms with E-state index in [1.807, 2.05) is 0 Å². The smallest absolute Gasteiger partial charge is 0.274 e. The van der Waals surface area contributed by atoms with Crippen LogP contribution in [-0.4, -0.2) is 38.5 Å². The van der Waals surface area contributed by atoms with E-state index in [1.165, 1.54) is 30.3 Å². The number of hydrogen-bond acceptors (Lipinski definition) is 6. The fourth-order valence-corrected chi connectivity index (χ4v) is 4.03. The van der Waals surface area contributed by atoms with Gasteiger partial charge in [0.2, 0.25) is 10.0 Å². The van der Waals surface area contributed by atoms with E-state index in [2.05, 4.69) is 10.0 Å². The number of aryl methyl sites for hydroxylation is 1. The lowest BCUT2D eigenvalue weighted by Gasteiger charge is -2.12. The van der Waals surface area contributed by atoms with Crippen molar-refractivity contribution < 1.29 is 22.9 Å². The zero-order valence-electron chi connectivity index (χ0n) is 15.8. The number of rotatable bonds is 7. The minimum atomic E-state index is -3.71. The van der Waals surface area contributed by atoms with Gasteiger partial charge in [-0.05, 0) is 50.1 Å². The summed E-state index contributed by atoms with van der Waals surface area (Å²) >= 11 is 0. The molecule has 0 aromatic heterocycles. The number of nitro benzene ring substituents is 1. The first-order chi connectivity index (χ1) is 13.8. The third-order valence-electron chi connectivity index (χ3n) is 4.62. The van der Waals surface area contributed by atoms with Gasteiger partial charge in [0.15, 0.2) is 0 Å². The Labute approximate surface area is 168 Å². The van der Waals surface area contributed by atoms with Gasteiger partial charge in [-0.15, -0.1) is 0 Å². The highest BCUT2D eigenvalue weighted by Gasteiger charge is 2.20. The molecule has 0 unspecified atom stereocenters.